The van der Waals surface area contributed by atoms with E-state index in [9.17, 15) is 0 Å². The molecule has 1 aromatic heterocycles. The summed E-state index contributed by atoms with van der Waals surface area (Å²) in [6, 6.07) is 3.65. The molecule has 1 heterocycles. The Hall–Kier alpha value is -1.20. The molecule has 1 rings (SSSR count). The zero-order valence-corrected chi connectivity index (χ0v) is 8.69. The molecule has 5 heteroatoms. The molecule has 3 N–H and O–H groups in total. The second kappa shape index (κ2) is 4.88. The van der Waals surface area contributed by atoms with Crippen molar-refractivity contribution in [2.75, 3.05) is 7.11 Å². The summed E-state index contributed by atoms with van der Waals surface area (Å²) < 4.78 is 4.92. The van der Waals surface area contributed by atoms with Crippen molar-refractivity contribution < 1.29 is 4.74 Å². The molecule has 0 saturated heterocycles. The molecule has 0 aliphatic rings. The number of methoxy groups -OCH3 is 1. The quantitative estimate of drug-likeness (QED) is 0.546. The molecule has 5 nitrogen and oxygen atoms in total. The van der Waals surface area contributed by atoms with E-state index in [2.05, 4.69) is 29.5 Å². The van der Waals surface area contributed by atoms with Gasteiger partial charge in [0.1, 0.15) is 0 Å². The van der Waals surface area contributed by atoms with E-state index >= 15 is 0 Å². The fourth-order valence-electron chi connectivity index (χ4n) is 1.22. The molecule has 0 fully saturated rings. The van der Waals surface area contributed by atoms with Gasteiger partial charge in [0.05, 0.1) is 18.8 Å². The number of aromatic nitrogens is 2. The van der Waals surface area contributed by atoms with E-state index in [0.717, 1.165) is 5.69 Å². The fraction of sp³-hybridized carbons (Fsp3) is 0.556. The first kappa shape index (κ1) is 10.9. The van der Waals surface area contributed by atoms with Gasteiger partial charge >= 0.3 is 0 Å². The summed E-state index contributed by atoms with van der Waals surface area (Å²) in [7, 11) is 1.56. The van der Waals surface area contributed by atoms with Gasteiger partial charge in [-0.3, -0.25) is 11.3 Å². The summed E-state index contributed by atoms with van der Waals surface area (Å²) in [6.07, 6.45) is 0. The Bertz CT molecular complexity index is 273. The maximum Gasteiger partial charge on any atom is 0.233 e. The zero-order valence-electron chi connectivity index (χ0n) is 8.69. The molecule has 1 atom stereocenters. The number of hydrogen-bond donors (Lipinski definition) is 2. The summed E-state index contributed by atoms with van der Waals surface area (Å²) in [5.74, 6) is 6.30. The molecule has 0 radical (unpaired) electrons. The van der Waals surface area contributed by atoms with Crippen LogP contribution in [0, 0.1) is 5.92 Å². The van der Waals surface area contributed by atoms with E-state index in [1.54, 1.807) is 13.2 Å². The molecule has 78 valence electrons. The topological polar surface area (TPSA) is 73.1 Å². The van der Waals surface area contributed by atoms with Crippen molar-refractivity contribution >= 4 is 0 Å². The SMILES string of the molecule is COc1ccc(C(NN)C(C)C)nn1. The predicted octanol–water partition coefficient (Wildman–Crippen LogP) is 0.646. The van der Waals surface area contributed by atoms with Gasteiger partial charge in [-0.15, -0.1) is 5.10 Å². The van der Waals surface area contributed by atoms with Crippen LogP contribution in [0.25, 0.3) is 0 Å². The number of hydrogen-bond acceptors (Lipinski definition) is 5. The van der Waals surface area contributed by atoms with Crippen LogP contribution in [0.2, 0.25) is 0 Å². The van der Waals surface area contributed by atoms with Crippen LogP contribution in [-0.2, 0) is 0 Å². The Kier molecular flexibility index (Phi) is 3.79. The smallest absolute Gasteiger partial charge is 0.233 e. The third kappa shape index (κ3) is 2.40. The maximum absolute atomic E-state index is 5.43. The first-order valence-corrected chi connectivity index (χ1v) is 4.52. The lowest BCUT2D eigenvalue weighted by Crippen LogP contribution is -2.32. The number of nitrogens with two attached hydrogens (primary N) is 1. The summed E-state index contributed by atoms with van der Waals surface area (Å²) in [6.45, 7) is 4.13. The molecule has 0 amide bonds. The molecule has 1 unspecified atom stereocenters. The molecule has 0 aliphatic carbocycles. The molecule has 0 saturated carbocycles. The van der Waals surface area contributed by atoms with E-state index < -0.39 is 0 Å². The van der Waals surface area contributed by atoms with Crippen LogP contribution in [0.4, 0.5) is 0 Å². The Labute approximate surface area is 83.6 Å². The normalized spacial score (nSPS) is 12.9. The molecule has 1 aromatic rings. The molecule has 0 bridgehead atoms. The van der Waals surface area contributed by atoms with Crippen LogP contribution in [0.3, 0.4) is 0 Å². The minimum Gasteiger partial charge on any atom is -0.480 e. The first-order chi connectivity index (χ1) is 6.69. The van der Waals surface area contributed by atoms with Gasteiger partial charge in [0.2, 0.25) is 5.88 Å². The van der Waals surface area contributed by atoms with Crippen molar-refractivity contribution in [1.82, 2.24) is 15.6 Å². The van der Waals surface area contributed by atoms with Gasteiger partial charge in [-0.1, -0.05) is 13.8 Å². The zero-order chi connectivity index (χ0) is 10.6. The standard InChI is InChI=1S/C9H16N4O/c1-6(2)9(11-10)7-4-5-8(14-3)13-12-7/h4-6,9,11H,10H2,1-3H3. The van der Waals surface area contributed by atoms with E-state index in [0.29, 0.717) is 11.8 Å². The number of nitrogens with one attached hydrogen (secondary N) is 1. The highest BCUT2D eigenvalue weighted by Gasteiger charge is 2.15. The van der Waals surface area contributed by atoms with E-state index in [1.165, 1.54) is 0 Å². The van der Waals surface area contributed by atoms with Gasteiger partial charge in [0.15, 0.2) is 0 Å². The lowest BCUT2D eigenvalue weighted by Gasteiger charge is -2.18. The monoisotopic (exact) mass is 196 g/mol. The third-order valence-electron chi connectivity index (χ3n) is 2.03. The van der Waals surface area contributed by atoms with Gasteiger partial charge in [-0.25, -0.2) is 0 Å². The fourth-order valence-corrected chi connectivity index (χ4v) is 1.22. The summed E-state index contributed by atoms with van der Waals surface area (Å²) in [4.78, 5) is 0. The predicted molar refractivity (Wildman–Crippen MR) is 53.5 cm³/mol. The van der Waals surface area contributed by atoms with Crippen LogP contribution in [0.15, 0.2) is 12.1 Å². The Morgan fingerprint density at radius 1 is 1.36 bits per heavy atom. The minimum absolute atomic E-state index is 0.0217. The average Bonchev–Trinajstić information content (AvgIpc) is 2.19. The maximum atomic E-state index is 5.43. The highest BCUT2D eigenvalue weighted by Crippen LogP contribution is 2.18. The van der Waals surface area contributed by atoms with Gasteiger partial charge in [0.25, 0.3) is 0 Å². The van der Waals surface area contributed by atoms with Gasteiger partial charge in [-0.2, -0.15) is 5.10 Å². The number of nitrogens with zero attached hydrogens (tertiary/aromatic N) is 2. The van der Waals surface area contributed by atoms with Crippen molar-refractivity contribution in [3.63, 3.8) is 0 Å². The van der Waals surface area contributed by atoms with Gasteiger partial charge in [-0.05, 0) is 12.0 Å². The van der Waals surface area contributed by atoms with Crippen LogP contribution in [0.5, 0.6) is 5.88 Å². The Morgan fingerprint density at radius 3 is 2.43 bits per heavy atom. The average molecular weight is 196 g/mol. The van der Waals surface area contributed by atoms with E-state index in [-0.39, 0.29) is 6.04 Å². The molecule has 0 aromatic carbocycles. The Balaban J connectivity index is 2.84. The lowest BCUT2D eigenvalue weighted by molar-refractivity contribution is 0.380. The van der Waals surface area contributed by atoms with Crippen molar-refractivity contribution in [3.8, 4) is 5.88 Å². The van der Waals surface area contributed by atoms with Crippen molar-refractivity contribution in [1.29, 1.82) is 0 Å². The largest absolute Gasteiger partial charge is 0.480 e. The van der Waals surface area contributed by atoms with Crippen molar-refractivity contribution in [3.05, 3.63) is 17.8 Å². The van der Waals surface area contributed by atoms with Crippen LogP contribution < -0.4 is 16.0 Å². The summed E-state index contributed by atoms with van der Waals surface area (Å²) in [5, 5.41) is 7.91. The van der Waals surface area contributed by atoms with Crippen molar-refractivity contribution in [2.24, 2.45) is 11.8 Å². The highest BCUT2D eigenvalue weighted by molar-refractivity contribution is 5.14. The van der Waals surface area contributed by atoms with Gasteiger partial charge in [0, 0.05) is 6.07 Å². The van der Waals surface area contributed by atoms with E-state index in [1.807, 2.05) is 6.07 Å². The molecule has 0 spiro atoms. The van der Waals surface area contributed by atoms with Crippen LogP contribution >= 0.6 is 0 Å². The second-order valence-electron chi connectivity index (χ2n) is 3.39. The Morgan fingerprint density at radius 2 is 2.07 bits per heavy atom. The minimum atomic E-state index is 0.0217. The summed E-state index contributed by atoms with van der Waals surface area (Å²) >= 11 is 0. The number of rotatable bonds is 4. The van der Waals surface area contributed by atoms with Crippen molar-refractivity contribution in [2.45, 2.75) is 19.9 Å². The molecule has 0 aliphatic heterocycles. The lowest BCUT2D eigenvalue weighted by atomic mass is 10.0. The molecule has 14 heavy (non-hydrogen) atoms. The van der Waals surface area contributed by atoms with Crippen LogP contribution in [-0.4, -0.2) is 17.3 Å². The highest BCUT2D eigenvalue weighted by atomic mass is 16.5. The number of ether oxygens (including phenoxy) is 1. The molecular weight excluding hydrogens is 180 g/mol. The van der Waals surface area contributed by atoms with Crippen LogP contribution in [0.1, 0.15) is 25.6 Å². The second-order valence-corrected chi connectivity index (χ2v) is 3.39. The molecular formula is C9H16N4O. The first-order valence-electron chi connectivity index (χ1n) is 4.52. The third-order valence-corrected chi connectivity index (χ3v) is 2.03. The summed E-state index contributed by atoms with van der Waals surface area (Å²) in [5.41, 5.74) is 3.53. The van der Waals surface area contributed by atoms with Gasteiger partial charge < -0.3 is 4.74 Å². The van der Waals surface area contributed by atoms with E-state index in [4.69, 9.17) is 10.6 Å². The number of hydrazine groups is 1.